The highest BCUT2D eigenvalue weighted by molar-refractivity contribution is 5.92. The standard InChI is InChI=1S/C17H19NO3/c1-12(18-2)16(13-8-4-3-5-9-13)21-17(20)14-10-6-7-11-15(14)19/h3-12,16,18-19H,1-2H3. The van der Waals surface area contributed by atoms with Crippen molar-refractivity contribution in [3.05, 3.63) is 65.7 Å². The quantitative estimate of drug-likeness (QED) is 0.829. The Bertz CT molecular complexity index is 598. The molecule has 4 nitrogen and oxygen atoms in total. The molecule has 2 unspecified atom stereocenters. The monoisotopic (exact) mass is 285 g/mol. The zero-order chi connectivity index (χ0) is 15.2. The summed E-state index contributed by atoms with van der Waals surface area (Å²) in [5.74, 6) is -0.615. The zero-order valence-electron chi connectivity index (χ0n) is 12.1. The highest BCUT2D eigenvalue weighted by Crippen LogP contribution is 2.25. The molecular formula is C17H19NO3. The number of aromatic hydroxyl groups is 1. The van der Waals surface area contributed by atoms with Crippen LogP contribution in [0.4, 0.5) is 0 Å². The average Bonchev–Trinajstić information content (AvgIpc) is 2.53. The SMILES string of the molecule is CNC(C)C(OC(=O)c1ccccc1O)c1ccccc1. The minimum Gasteiger partial charge on any atom is -0.507 e. The van der Waals surface area contributed by atoms with Crippen molar-refractivity contribution in [2.75, 3.05) is 7.05 Å². The Morgan fingerprint density at radius 3 is 2.33 bits per heavy atom. The number of esters is 1. The molecular weight excluding hydrogens is 266 g/mol. The molecule has 0 bridgehead atoms. The molecule has 21 heavy (non-hydrogen) atoms. The molecule has 0 fully saturated rings. The van der Waals surface area contributed by atoms with E-state index in [0.717, 1.165) is 5.56 Å². The minimum atomic E-state index is -0.538. The summed E-state index contributed by atoms with van der Waals surface area (Å²) < 4.78 is 5.59. The highest BCUT2D eigenvalue weighted by atomic mass is 16.5. The van der Waals surface area contributed by atoms with E-state index in [4.69, 9.17) is 4.74 Å². The largest absolute Gasteiger partial charge is 0.507 e. The van der Waals surface area contributed by atoms with Gasteiger partial charge in [-0.25, -0.2) is 4.79 Å². The van der Waals surface area contributed by atoms with Crippen molar-refractivity contribution < 1.29 is 14.6 Å². The van der Waals surface area contributed by atoms with Crippen LogP contribution in [0.1, 0.15) is 28.9 Å². The van der Waals surface area contributed by atoms with E-state index in [2.05, 4.69) is 5.32 Å². The second-order valence-corrected chi connectivity index (χ2v) is 4.83. The van der Waals surface area contributed by atoms with Gasteiger partial charge in [0, 0.05) is 6.04 Å². The lowest BCUT2D eigenvalue weighted by Gasteiger charge is -2.24. The smallest absolute Gasteiger partial charge is 0.342 e. The van der Waals surface area contributed by atoms with Gasteiger partial charge in [0.05, 0.1) is 0 Å². The molecule has 0 radical (unpaired) electrons. The number of rotatable bonds is 5. The summed E-state index contributed by atoms with van der Waals surface area (Å²) >= 11 is 0. The van der Waals surface area contributed by atoms with Gasteiger partial charge in [-0.2, -0.15) is 0 Å². The molecule has 0 aliphatic heterocycles. The predicted molar refractivity (Wildman–Crippen MR) is 81.2 cm³/mol. The lowest BCUT2D eigenvalue weighted by Crippen LogP contribution is -2.32. The van der Waals surface area contributed by atoms with Crippen molar-refractivity contribution in [2.45, 2.75) is 19.1 Å². The molecule has 2 aromatic rings. The Balaban J connectivity index is 2.24. The number of para-hydroxylation sites is 1. The van der Waals surface area contributed by atoms with E-state index in [1.54, 1.807) is 18.2 Å². The van der Waals surface area contributed by atoms with E-state index in [0.29, 0.717) is 0 Å². The van der Waals surface area contributed by atoms with E-state index in [-0.39, 0.29) is 17.4 Å². The van der Waals surface area contributed by atoms with E-state index < -0.39 is 12.1 Å². The van der Waals surface area contributed by atoms with Crippen LogP contribution in [-0.4, -0.2) is 24.2 Å². The second kappa shape index (κ2) is 6.90. The minimum absolute atomic E-state index is 0.0535. The molecule has 2 atom stereocenters. The number of likely N-dealkylation sites (N-methyl/N-ethyl adjacent to an activating group) is 1. The Morgan fingerprint density at radius 2 is 1.71 bits per heavy atom. The molecule has 2 aromatic carbocycles. The maximum atomic E-state index is 12.3. The van der Waals surface area contributed by atoms with Gasteiger partial charge in [-0.3, -0.25) is 0 Å². The van der Waals surface area contributed by atoms with E-state index in [9.17, 15) is 9.90 Å². The Morgan fingerprint density at radius 1 is 1.10 bits per heavy atom. The topological polar surface area (TPSA) is 58.6 Å². The van der Waals surface area contributed by atoms with Crippen molar-refractivity contribution in [1.29, 1.82) is 0 Å². The van der Waals surface area contributed by atoms with E-state index in [1.807, 2.05) is 44.3 Å². The van der Waals surface area contributed by atoms with Gasteiger partial charge < -0.3 is 15.2 Å². The number of hydrogen-bond acceptors (Lipinski definition) is 4. The molecule has 0 saturated heterocycles. The van der Waals surface area contributed by atoms with Crippen molar-refractivity contribution in [3.8, 4) is 5.75 Å². The maximum absolute atomic E-state index is 12.3. The van der Waals surface area contributed by atoms with Crippen LogP contribution in [0.15, 0.2) is 54.6 Å². The number of nitrogens with one attached hydrogen (secondary N) is 1. The summed E-state index contributed by atoms with van der Waals surface area (Å²) in [6.07, 6.45) is -0.427. The van der Waals surface area contributed by atoms with Crippen LogP contribution in [0.3, 0.4) is 0 Å². The molecule has 0 aliphatic carbocycles. The number of carbonyl (C=O) groups excluding carboxylic acids is 1. The first-order valence-electron chi connectivity index (χ1n) is 6.84. The van der Waals surface area contributed by atoms with Gasteiger partial charge in [0.25, 0.3) is 0 Å². The van der Waals surface area contributed by atoms with Gasteiger partial charge in [-0.05, 0) is 31.7 Å². The number of phenolic OH excluding ortho intramolecular Hbond substituents is 1. The van der Waals surface area contributed by atoms with Crippen LogP contribution in [0, 0.1) is 0 Å². The van der Waals surface area contributed by atoms with Gasteiger partial charge in [-0.15, -0.1) is 0 Å². The Kier molecular flexibility index (Phi) is 4.95. The Labute approximate surface area is 124 Å². The van der Waals surface area contributed by atoms with Crippen molar-refractivity contribution >= 4 is 5.97 Å². The number of benzene rings is 2. The summed E-state index contributed by atoms with van der Waals surface area (Å²) in [5, 5.41) is 12.8. The summed E-state index contributed by atoms with van der Waals surface area (Å²) in [7, 11) is 1.81. The summed E-state index contributed by atoms with van der Waals surface area (Å²) in [4.78, 5) is 12.3. The third kappa shape index (κ3) is 3.61. The van der Waals surface area contributed by atoms with Gasteiger partial charge >= 0.3 is 5.97 Å². The van der Waals surface area contributed by atoms with Crippen LogP contribution in [0.25, 0.3) is 0 Å². The number of carbonyl (C=O) groups is 1. The van der Waals surface area contributed by atoms with Crippen LogP contribution < -0.4 is 5.32 Å². The Hall–Kier alpha value is -2.33. The van der Waals surface area contributed by atoms with E-state index in [1.165, 1.54) is 6.07 Å². The molecule has 0 amide bonds. The van der Waals surface area contributed by atoms with Crippen molar-refractivity contribution in [2.24, 2.45) is 0 Å². The van der Waals surface area contributed by atoms with Gasteiger partial charge in [-0.1, -0.05) is 42.5 Å². The predicted octanol–water partition coefficient (Wildman–Crippen LogP) is 2.90. The van der Waals surface area contributed by atoms with Gasteiger partial charge in [0.1, 0.15) is 17.4 Å². The molecule has 2 N–H and O–H groups in total. The van der Waals surface area contributed by atoms with Crippen LogP contribution in [0.2, 0.25) is 0 Å². The number of hydrogen-bond donors (Lipinski definition) is 2. The first-order valence-corrected chi connectivity index (χ1v) is 6.84. The average molecular weight is 285 g/mol. The molecule has 2 rings (SSSR count). The van der Waals surface area contributed by atoms with Crippen LogP contribution >= 0.6 is 0 Å². The molecule has 4 heteroatoms. The first kappa shape index (κ1) is 15.1. The third-order valence-corrected chi connectivity index (χ3v) is 3.40. The fourth-order valence-electron chi connectivity index (χ4n) is 2.08. The molecule has 0 aliphatic rings. The molecule has 0 aromatic heterocycles. The summed E-state index contributed by atoms with van der Waals surface area (Å²) in [6, 6.07) is 15.9. The van der Waals surface area contributed by atoms with E-state index >= 15 is 0 Å². The van der Waals surface area contributed by atoms with Crippen molar-refractivity contribution in [1.82, 2.24) is 5.32 Å². The number of ether oxygens (including phenoxy) is 1. The molecule has 0 saturated carbocycles. The van der Waals surface area contributed by atoms with Gasteiger partial charge in [0.15, 0.2) is 0 Å². The number of phenols is 1. The summed E-state index contributed by atoms with van der Waals surface area (Å²) in [5.41, 5.74) is 1.07. The molecule has 0 spiro atoms. The fourth-order valence-corrected chi connectivity index (χ4v) is 2.08. The lowest BCUT2D eigenvalue weighted by molar-refractivity contribution is 0.0216. The zero-order valence-corrected chi connectivity index (χ0v) is 12.1. The maximum Gasteiger partial charge on any atom is 0.342 e. The molecule has 110 valence electrons. The van der Waals surface area contributed by atoms with Crippen LogP contribution in [-0.2, 0) is 4.74 Å². The third-order valence-electron chi connectivity index (χ3n) is 3.40. The second-order valence-electron chi connectivity index (χ2n) is 4.83. The van der Waals surface area contributed by atoms with Crippen LogP contribution in [0.5, 0.6) is 5.75 Å². The fraction of sp³-hybridized carbons (Fsp3) is 0.235. The van der Waals surface area contributed by atoms with Gasteiger partial charge in [0.2, 0.25) is 0 Å². The summed E-state index contributed by atoms with van der Waals surface area (Å²) in [6.45, 7) is 1.94. The lowest BCUT2D eigenvalue weighted by atomic mass is 10.0. The molecule has 0 heterocycles. The first-order chi connectivity index (χ1) is 10.1. The normalized spacial score (nSPS) is 13.4. The highest BCUT2D eigenvalue weighted by Gasteiger charge is 2.24. The van der Waals surface area contributed by atoms with Crippen molar-refractivity contribution in [3.63, 3.8) is 0 Å².